The van der Waals surface area contributed by atoms with E-state index in [1.165, 1.54) is 0 Å². The molecule has 0 aliphatic carbocycles. The minimum absolute atomic E-state index is 0.0970. The lowest BCUT2D eigenvalue weighted by molar-refractivity contribution is -0.144. The Hall–Kier alpha value is -3.39. The molecule has 0 radical (unpaired) electrons. The first-order valence-corrected chi connectivity index (χ1v) is 8.76. The lowest BCUT2D eigenvalue weighted by Crippen LogP contribution is -2.17. The van der Waals surface area contributed by atoms with E-state index in [1.54, 1.807) is 13.8 Å². The number of rotatable bonds is 5. The third-order valence-corrected chi connectivity index (χ3v) is 4.77. The van der Waals surface area contributed by atoms with Crippen molar-refractivity contribution >= 4 is 16.7 Å². The van der Waals surface area contributed by atoms with E-state index in [-0.39, 0.29) is 24.6 Å². The number of carbonyl (C=O) groups is 1. The zero-order chi connectivity index (χ0) is 19.4. The molecule has 0 spiro atoms. The van der Waals surface area contributed by atoms with Gasteiger partial charge >= 0.3 is 5.97 Å². The molecule has 0 saturated carbocycles. The SMILES string of the molecule is Cc1[nH]c(=O)c(C#N)c(C)c1CCC(=O)OCc1cccc2ccccc12. The van der Waals surface area contributed by atoms with Gasteiger partial charge < -0.3 is 9.72 Å². The maximum atomic E-state index is 12.2. The quantitative estimate of drug-likeness (QED) is 0.703. The number of esters is 1. The summed E-state index contributed by atoms with van der Waals surface area (Å²) < 4.78 is 5.44. The largest absolute Gasteiger partial charge is 0.461 e. The van der Waals surface area contributed by atoms with Crippen LogP contribution in [0.25, 0.3) is 10.8 Å². The molecule has 0 bridgehead atoms. The van der Waals surface area contributed by atoms with Gasteiger partial charge in [-0.05, 0) is 47.7 Å². The molecule has 5 heteroatoms. The third kappa shape index (κ3) is 3.90. The van der Waals surface area contributed by atoms with Gasteiger partial charge in [0.05, 0.1) is 0 Å². The summed E-state index contributed by atoms with van der Waals surface area (Å²) in [5.41, 5.74) is 2.78. The van der Waals surface area contributed by atoms with Gasteiger partial charge in [0.1, 0.15) is 18.2 Å². The Kier molecular flexibility index (Phi) is 5.37. The highest BCUT2D eigenvalue weighted by Crippen LogP contribution is 2.20. The van der Waals surface area contributed by atoms with E-state index in [2.05, 4.69) is 4.98 Å². The van der Waals surface area contributed by atoms with Crippen LogP contribution in [0.1, 0.15) is 34.4 Å². The normalized spacial score (nSPS) is 10.6. The topological polar surface area (TPSA) is 83.0 Å². The van der Waals surface area contributed by atoms with Crippen LogP contribution in [0.2, 0.25) is 0 Å². The monoisotopic (exact) mass is 360 g/mol. The third-order valence-electron chi connectivity index (χ3n) is 4.77. The Morgan fingerprint density at radius 3 is 2.67 bits per heavy atom. The summed E-state index contributed by atoms with van der Waals surface area (Å²) in [5.74, 6) is -0.313. The van der Waals surface area contributed by atoms with Crippen molar-refractivity contribution < 1.29 is 9.53 Å². The van der Waals surface area contributed by atoms with Crippen LogP contribution in [0.5, 0.6) is 0 Å². The summed E-state index contributed by atoms with van der Waals surface area (Å²) in [6, 6.07) is 15.8. The molecule has 0 unspecified atom stereocenters. The first-order chi connectivity index (χ1) is 13.0. The highest BCUT2D eigenvalue weighted by atomic mass is 16.5. The fourth-order valence-corrected chi connectivity index (χ4v) is 3.30. The van der Waals surface area contributed by atoms with E-state index >= 15 is 0 Å². The van der Waals surface area contributed by atoms with Gasteiger partial charge in [-0.1, -0.05) is 42.5 Å². The molecule has 5 nitrogen and oxygen atoms in total. The van der Waals surface area contributed by atoms with Crippen LogP contribution in [0.15, 0.2) is 47.3 Å². The van der Waals surface area contributed by atoms with E-state index in [9.17, 15) is 9.59 Å². The number of hydrogen-bond donors (Lipinski definition) is 1. The van der Waals surface area contributed by atoms with E-state index in [0.29, 0.717) is 17.7 Å². The van der Waals surface area contributed by atoms with Gasteiger partial charge in [0.2, 0.25) is 0 Å². The van der Waals surface area contributed by atoms with Gasteiger partial charge in [-0.2, -0.15) is 5.26 Å². The highest BCUT2D eigenvalue weighted by Gasteiger charge is 2.14. The van der Waals surface area contributed by atoms with E-state index < -0.39 is 5.56 Å². The van der Waals surface area contributed by atoms with E-state index in [1.807, 2.05) is 48.5 Å². The average molecular weight is 360 g/mol. The summed E-state index contributed by atoms with van der Waals surface area (Å²) in [7, 11) is 0. The molecule has 27 heavy (non-hydrogen) atoms. The molecule has 1 aromatic heterocycles. The van der Waals surface area contributed by atoms with Gasteiger partial charge in [-0.3, -0.25) is 9.59 Å². The minimum Gasteiger partial charge on any atom is -0.461 e. The molecule has 3 rings (SSSR count). The molecule has 0 aliphatic heterocycles. The van der Waals surface area contributed by atoms with Crippen LogP contribution < -0.4 is 5.56 Å². The van der Waals surface area contributed by atoms with Crippen LogP contribution in [0, 0.1) is 25.2 Å². The second-order valence-corrected chi connectivity index (χ2v) is 6.47. The number of hydrogen-bond acceptors (Lipinski definition) is 4. The first kappa shape index (κ1) is 18.4. The Morgan fingerprint density at radius 2 is 1.89 bits per heavy atom. The summed E-state index contributed by atoms with van der Waals surface area (Å²) in [6.45, 7) is 3.72. The van der Waals surface area contributed by atoms with Gasteiger partial charge in [0.15, 0.2) is 0 Å². The standard InChI is InChI=1S/C22H20N2O3/c1-14-18(15(2)24-22(26)20(14)12-23)10-11-21(25)27-13-17-8-5-7-16-6-3-4-9-19(16)17/h3-9H,10-11,13H2,1-2H3,(H,24,26). The van der Waals surface area contributed by atoms with Crippen molar-refractivity contribution in [3.8, 4) is 6.07 Å². The number of aromatic amines is 1. The Labute approximate surface area is 157 Å². The predicted octanol–water partition coefficient (Wildman–Crippen LogP) is 3.69. The Morgan fingerprint density at radius 1 is 1.15 bits per heavy atom. The van der Waals surface area contributed by atoms with Crippen molar-refractivity contribution in [2.75, 3.05) is 0 Å². The Bertz CT molecular complexity index is 1100. The van der Waals surface area contributed by atoms with Crippen LogP contribution in [0.4, 0.5) is 0 Å². The number of pyridine rings is 1. The number of ether oxygens (including phenoxy) is 1. The number of carbonyl (C=O) groups excluding carboxylic acids is 1. The van der Waals surface area contributed by atoms with Crippen molar-refractivity contribution in [1.82, 2.24) is 4.98 Å². The molecule has 0 saturated heterocycles. The summed E-state index contributed by atoms with van der Waals surface area (Å²) in [4.78, 5) is 26.7. The predicted molar refractivity (Wildman–Crippen MR) is 103 cm³/mol. The molecule has 0 atom stereocenters. The molecule has 0 fully saturated rings. The van der Waals surface area contributed by atoms with Crippen molar-refractivity contribution in [1.29, 1.82) is 5.26 Å². The number of nitrogens with one attached hydrogen (secondary N) is 1. The first-order valence-electron chi connectivity index (χ1n) is 8.76. The smallest absolute Gasteiger partial charge is 0.306 e. The van der Waals surface area contributed by atoms with Crippen molar-refractivity contribution in [2.45, 2.75) is 33.3 Å². The molecular formula is C22H20N2O3. The van der Waals surface area contributed by atoms with Crippen molar-refractivity contribution in [2.24, 2.45) is 0 Å². The number of benzene rings is 2. The molecular weight excluding hydrogens is 340 g/mol. The number of aryl methyl sites for hydroxylation is 1. The van der Waals surface area contributed by atoms with E-state index in [4.69, 9.17) is 10.00 Å². The molecule has 0 aliphatic rings. The van der Waals surface area contributed by atoms with Gasteiger partial charge in [-0.25, -0.2) is 0 Å². The molecule has 1 N–H and O–H groups in total. The lowest BCUT2D eigenvalue weighted by atomic mass is 9.99. The second kappa shape index (κ2) is 7.88. The maximum Gasteiger partial charge on any atom is 0.306 e. The fraction of sp³-hybridized carbons (Fsp3) is 0.227. The zero-order valence-electron chi connectivity index (χ0n) is 15.3. The van der Waals surface area contributed by atoms with Gasteiger partial charge in [0, 0.05) is 12.1 Å². The zero-order valence-corrected chi connectivity index (χ0v) is 15.3. The molecule has 2 aromatic carbocycles. The van der Waals surface area contributed by atoms with Gasteiger partial charge in [-0.15, -0.1) is 0 Å². The minimum atomic E-state index is -0.394. The van der Waals surface area contributed by atoms with Crippen molar-refractivity contribution in [3.63, 3.8) is 0 Å². The highest BCUT2D eigenvalue weighted by molar-refractivity contribution is 5.85. The summed E-state index contributed by atoms with van der Waals surface area (Å²) in [6.07, 6.45) is 0.598. The average Bonchev–Trinajstić information content (AvgIpc) is 2.66. The van der Waals surface area contributed by atoms with Crippen LogP contribution in [0.3, 0.4) is 0 Å². The molecule has 3 aromatic rings. The molecule has 136 valence electrons. The summed E-state index contributed by atoms with van der Waals surface area (Å²) in [5, 5.41) is 11.3. The number of H-pyrrole nitrogens is 1. The number of aromatic nitrogens is 1. The summed E-state index contributed by atoms with van der Waals surface area (Å²) >= 11 is 0. The van der Waals surface area contributed by atoms with Crippen molar-refractivity contribution in [3.05, 3.63) is 80.8 Å². The Balaban J connectivity index is 1.67. The molecule has 1 heterocycles. The molecule has 0 amide bonds. The van der Waals surface area contributed by atoms with Crippen LogP contribution in [-0.2, 0) is 22.6 Å². The second-order valence-electron chi connectivity index (χ2n) is 6.47. The number of fused-ring (bicyclic) bond motifs is 1. The van der Waals surface area contributed by atoms with E-state index in [0.717, 1.165) is 21.9 Å². The van der Waals surface area contributed by atoms with Gasteiger partial charge in [0.25, 0.3) is 5.56 Å². The number of nitriles is 1. The van der Waals surface area contributed by atoms with Crippen LogP contribution >= 0.6 is 0 Å². The maximum absolute atomic E-state index is 12.2. The number of nitrogens with zero attached hydrogens (tertiary/aromatic N) is 1. The lowest BCUT2D eigenvalue weighted by Gasteiger charge is -2.11. The fourth-order valence-electron chi connectivity index (χ4n) is 3.30. The van der Waals surface area contributed by atoms with Crippen LogP contribution in [-0.4, -0.2) is 11.0 Å².